The van der Waals surface area contributed by atoms with Crippen molar-refractivity contribution in [2.24, 2.45) is 17.8 Å². The number of carbonyl (C=O) groups excluding carboxylic acids is 2. The molecule has 2 aromatic heterocycles. The van der Waals surface area contributed by atoms with E-state index >= 15 is 0 Å². The van der Waals surface area contributed by atoms with E-state index in [9.17, 15) is 5.11 Å². The van der Waals surface area contributed by atoms with Crippen LogP contribution in [0.3, 0.4) is 0 Å². The van der Waals surface area contributed by atoms with Crippen LogP contribution in [-0.2, 0) is 22.6 Å². The molecule has 9 nitrogen and oxygen atoms in total. The summed E-state index contributed by atoms with van der Waals surface area (Å²) < 4.78 is 1.91. The Balaban J connectivity index is 0.000000983. The fraction of sp³-hybridized carbons (Fsp3) is 0.400. The molecule has 2 fully saturated rings. The highest BCUT2D eigenvalue weighted by Crippen LogP contribution is 2.47. The van der Waals surface area contributed by atoms with E-state index in [1.54, 1.807) is 0 Å². The Bertz CT molecular complexity index is 1480. The fourth-order valence-electron chi connectivity index (χ4n) is 6.48. The van der Waals surface area contributed by atoms with E-state index in [0.717, 1.165) is 54.7 Å². The number of hydrogen-bond donors (Lipinski definition) is 2. The maximum Gasteiger partial charge on any atom is 0.373 e. The van der Waals surface area contributed by atoms with Crippen molar-refractivity contribution in [3.63, 3.8) is 0 Å². The fourth-order valence-corrected chi connectivity index (χ4v) is 6.48. The third kappa shape index (κ3) is 5.35. The summed E-state index contributed by atoms with van der Waals surface area (Å²) >= 11 is 0. The average Bonchev–Trinajstić information content (AvgIpc) is 3.59. The Kier molecular flexibility index (Phi) is 7.87. The van der Waals surface area contributed by atoms with Crippen molar-refractivity contribution in [1.29, 1.82) is 0 Å². The lowest BCUT2D eigenvalue weighted by Crippen LogP contribution is -2.47. The minimum absolute atomic E-state index is 0.00507. The number of piperidine rings is 1. The smallest absolute Gasteiger partial charge is 0.373 e. The van der Waals surface area contributed by atoms with Gasteiger partial charge in [0.15, 0.2) is 0 Å². The Morgan fingerprint density at radius 1 is 1.13 bits per heavy atom. The summed E-state index contributed by atoms with van der Waals surface area (Å²) in [5.41, 5.74) is 5.43. The highest BCUT2D eigenvalue weighted by Gasteiger charge is 2.46. The number of aromatic amines is 1. The van der Waals surface area contributed by atoms with E-state index in [-0.39, 0.29) is 24.2 Å². The zero-order valence-corrected chi connectivity index (χ0v) is 21.9. The summed E-state index contributed by atoms with van der Waals surface area (Å²) in [6.07, 6.45) is 5.56. The maximum atomic E-state index is 10.6. The number of para-hydroxylation sites is 1. The zero-order valence-electron chi connectivity index (χ0n) is 21.9. The van der Waals surface area contributed by atoms with Gasteiger partial charge >= 0.3 is 6.15 Å². The number of H-pyrrole nitrogens is 1. The number of aromatic nitrogens is 4. The van der Waals surface area contributed by atoms with Gasteiger partial charge < -0.3 is 10.1 Å². The topological polar surface area (TPSA) is 108 Å². The minimum atomic E-state index is -0.236. The molecular weight excluding hydrogens is 492 g/mol. The highest BCUT2D eigenvalue weighted by atomic mass is 16.3. The van der Waals surface area contributed by atoms with Crippen LogP contribution < -0.4 is 0 Å². The van der Waals surface area contributed by atoms with Crippen LogP contribution in [0, 0.1) is 24.3 Å². The molecule has 1 saturated heterocycles. The lowest BCUT2D eigenvalue weighted by Gasteiger charge is -2.45. The van der Waals surface area contributed by atoms with Gasteiger partial charge in [-0.05, 0) is 55.1 Å². The molecule has 3 heterocycles. The monoisotopic (exact) mass is 524 g/mol. The van der Waals surface area contributed by atoms with Crippen molar-refractivity contribution in [3.8, 4) is 11.3 Å². The summed E-state index contributed by atoms with van der Waals surface area (Å²) in [4.78, 5) is 23.9. The first-order valence-electron chi connectivity index (χ1n) is 13.4. The first kappa shape index (κ1) is 26.4. The summed E-state index contributed by atoms with van der Waals surface area (Å²) in [6.45, 7) is 11.6. The molecule has 5 atom stereocenters. The quantitative estimate of drug-likeness (QED) is 0.367. The molecule has 1 saturated carbocycles. The van der Waals surface area contributed by atoms with Crippen LogP contribution >= 0.6 is 0 Å². The number of hydrogen-bond acceptors (Lipinski definition) is 6. The van der Waals surface area contributed by atoms with Gasteiger partial charge in [0.25, 0.3) is 0 Å². The van der Waals surface area contributed by atoms with Gasteiger partial charge in [-0.3, -0.25) is 4.68 Å². The van der Waals surface area contributed by atoms with Gasteiger partial charge in [-0.15, -0.1) is 10.1 Å². The summed E-state index contributed by atoms with van der Waals surface area (Å²) in [7, 11) is 0. The number of nitrogens with zero attached hydrogens (tertiary/aromatic N) is 5. The maximum absolute atomic E-state index is 10.6. The van der Waals surface area contributed by atoms with Gasteiger partial charge in [-0.2, -0.15) is 21.1 Å². The zero-order chi connectivity index (χ0) is 27.4. The largest absolute Gasteiger partial charge is 0.393 e. The Hall–Kier alpha value is -4.25. The van der Waals surface area contributed by atoms with Crippen LogP contribution in [-0.4, -0.2) is 48.9 Å². The first-order chi connectivity index (χ1) is 19.0. The number of aliphatic hydroxyl groups is 1. The van der Waals surface area contributed by atoms with Crippen LogP contribution in [0.5, 0.6) is 0 Å². The molecule has 4 aromatic rings. The van der Waals surface area contributed by atoms with E-state index in [1.807, 2.05) is 46.2 Å². The molecule has 0 radical (unpaired) electrons. The molecule has 0 amide bonds. The summed E-state index contributed by atoms with van der Waals surface area (Å²) in [5, 5.41) is 22.5. The van der Waals surface area contributed by atoms with Gasteiger partial charge in [0.05, 0.1) is 18.8 Å². The minimum Gasteiger partial charge on any atom is -0.393 e. The van der Waals surface area contributed by atoms with E-state index in [1.165, 1.54) is 10.9 Å². The van der Waals surface area contributed by atoms with Crippen molar-refractivity contribution in [2.45, 2.75) is 51.3 Å². The van der Waals surface area contributed by atoms with Crippen LogP contribution in [0.15, 0.2) is 60.8 Å². The molecule has 1 aliphatic heterocycles. The standard InChI is InChI=1S/C29H32N6O.CO2/c1-19-24-16-27(35(30-2)17-21(24)12-13-28(19)36)29-23(22-10-6-7-11-25(22)31-29)14-15-34-18-26(32-33-34)20-8-4-3-5-9-20;2-1-3/h3-11,18-19,21,24,27-28,31,36H,12-17H2,1H3;/t19-,21+,24-,27+,28+;/m1./s1. The first-order valence-corrected chi connectivity index (χ1v) is 13.4. The van der Waals surface area contributed by atoms with Crippen molar-refractivity contribution in [3.05, 3.63) is 83.6 Å². The SMILES string of the molecule is O=C=O.[C-]#[N+]N1C[C@@H]2CC[C@H](O)[C@H](C)[C@H]2C[C@H]1c1[nH]c2ccccc2c1CCn1cc(-c2ccccc2)nn1. The molecule has 9 heteroatoms. The number of rotatable bonds is 5. The molecule has 0 bridgehead atoms. The van der Waals surface area contributed by atoms with E-state index in [4.69, 9.17) is 16.2 Å². The highest BCUT2D eigenvalue weighted by molar-refractivity contribution is 5.84. The number of aryl methyl sites for hydroxylation is 2. The number of benzene rings is 2. The van der Waals surface area contributed by atoms with Gasteiger partial charge in [0.1, 0.15) is 11.7 Å². The van der Waals surface area contributed by atoms with Gasteiger partial charge in [0.2, 0.25) is 0 Å². The molecule has 1 aliphatic carbocycles. The van der Waals surface area contributed by atoms with Crippen molar-refractivity contribution in [1.82, 2.24) is 25.0 Å². The second-order valence-electron chi connectivity index (χ2n) is 10.5. The normalized spacial score (nSPS) is 24.2. The van der Waals surface area contributed by atoms with Gasteiger partial charge in [0, 0.05) is 28.7 Å². The summed E-state index contributed by atoms with van der Waals surface area (Å²) in [6, 6.07) is 18.5. The lowest BCUT2D eigenvalue weighted by molar-refractivity contribution is -0.191. The second kappa shape index (κ2) is 11.6. The van der Waals surface area contributed by atoms with Gasteiger partial charge in [-0.1, -0.05) is 60.7 Å². The van der Waals surface area contributed by atoms with Crippen LogP contribution in [0.4, 0.5) is 0 Å². The molecule has 2 N–H and O–H groups in total. The molecule has 0 spiro atoms. The summed E-state index contributed by atoms with van der Waals surface area (Å²) in [5.74, 6) is 1.17. The van der Waals surface area contributed by atoms with E-state index < -0.39 is 0 Å². The number of fused-ring (bicyclic) bond motifs is 2. The van der Waals surface area contributed by atoms with Crippen molar-refractivity contribution < 1.29 is 14.7 Å². The molecule has 39 heavy (non-hydrogen) atoms. The van der Waals surface area contributed by atoms with E-state index in [2.05, 4.69) is 51.4 Å². The second-order valence-corrected chi connectivity index (χ2v) is 10.5. The molecule has 0 unspecified atom stereocenters. The Morgan fingerprint density at radius 2 is 1.87 bits per heavy atom. The predicted octanol–water partition coefficient (Wildman–Crippen LogP) is 4.69. The number of nitrogens with one attached hydrogen (secondary N) is 1. The molecule has 2 aromatic carbocycles. The molecule has 2 aliphatic rings. The van der Waals surface area contributed by atoms with Crippen LogP contribution in [0.2, 0.25) is 0 Å². The molecular formula is C30H32N6O3. The van der Waals surface area contributed by atoms with Crippen LogP contribution in [0.25, 0.3) is 27.1 Å². The van der Waals surface area contributed by atoms with Crippen LogP contribution in [0.1, 0.15) is 43.5 Å². The average molecular weight is 525 g/mol. The third-order valence-electron chi connectivity index (χ3n) is 8.51. The van der Waals surface area contributed by atoms with E-state index in [0.29, 0.717) is 18.4 Å². The number of aliphatic hydroxyl groups excluding tert-OH is 1. The molecule has 200 valence electrons. The van der Waals surface area contributed by atoms with Gasteiger partial charge in [-0.25, -0.2) is 0 Å². The molecule has 6 rings (SSSR count). The third-order valence-corrected chi connectivity index (χ3v) is 8.51. The Morgan fingerprint density at radius 3 is 2.64 bits per heavy atom. The predicted molar refractivity (Wildman–Crippen MR) is 145 cm³/mol. The Labute approximate surface area is 227 Å². The lowest BCUT2D eigenvalue weighted by atomic mass is 9.66. The van der Waals surface area contributed by atoms with Crippen molar-refractivity contribution in [2.75, 3.05) is 6.54 Å². The van der Waals surface area contributed by atoms with Crippen molar-refractivity contribution >= 4 is 17.1 Å².